The lowest BCUT2D eigenvalue weighted by Gasteiger charge is -2.12. The highest BCUT2D eigenvalue weighted by Crippen LogP contribution is 2.23. The summed E-state index contributed by atoms with van der Waals surface area (Å²) in [6.07, 6.45) is 2.31. The van der Waals surface area contributed by atoms with E-state index in [1.54, 1.807) is 30.3 Å². The highest BCUT2D eigenvalue weighted by atomic mass is 16.5. The number of nitrogens with one attached hydrogen (secondary N) is 1. The summed E-state index contributed by atoms with van der Waals surface area (Å²) in [4.78, 5) is 16.3. The van der Waals surface area contributed by atoms with E-state index >= 15 is 0 Å². The normalized spacial score (nSPS) is 17.2. The lowest BCUT2D eigenvalue weighted by molar-refractivity contribution is 0.102. The number of ether oxygens (including phenoxy) is 2. The van der Waals surface area contributed by atoms with Crippen molar-refractivity contribution in [2.75, 3.05) is 18.5 Å². The first kappa shape index (κ1) is 14.3. The van der Waals surface area contributed by atoms with Crippen molar-refractivity contribution in [3.05, 3.63) is 48.2 Å². The smallest absolute Gasteiger partial charge is 0.256 e. The summed E-state index contributed by atoms with van der Waals surface area (Å²) >= 11 is 0. The van der Waals surface area contributed by atoms with Gasteiger partial charge in [-0.05, 0) is 18.2 Å². The minimum atomic E-state index is -0.337. The van der Waals surface area contributed by atoms with Gasteiger partial charge in [0.1, 0.15) is 11.9 Å². The van der Waals surface area contributed by atoms with Crippen molar-refractivity contribution in [1.29, 1.82) is 0 Å². The minimum absolute atomic E-state index is 0.0180. The van der Waals surface area contributed by atoms with E-state index in [0.29, 0.717) is 30.3 Å². The fraction of sp³-hybridized carbons (Fsp3) is 0.250. The molecule has 2 heterocycles. The van der Waals surface area contributed by atoms with Crippen LogP contribution in [-0.2, 0) is 4.74 Å². The quantitative estimate of drug-likeness (QED) is 0.846. The van der Waals surface area contributed by atoms with E-state index in [0.717, 1.165) is 6.42 Å². The van der Waals surface area contributed by atoms with E-state index < -0.39 is 0 Å². The molecule has 1 aliphatic rings. The number of pyridine rings is 1. The molecule has 0 aliphatic carbocycles. The van der Waals surface area contributed by atoms with Crippen molar-refractivity contribution in [1.82, 2.24) is 4.98 Å². The molecule has 0 bridgehead atoms. The van der Waals surface area contributed by atoms with Crippen molar-refractivity contribution >= 4 is 11.6 Å². The molecule has 1 aromatic carbocycles. The number of anilines is 1. The van der Waals surface area contributed by atoms with Crippen molar-refractivity contribution < 1.29 is 19.4 Å². The zero-order valence-electron chi connectivity index (χ0n) is 11.9. The molecule has 0 radical (unpaired) electrons. The van der Waals surface area contributed by atoms with Crippen LogP contribution in [0.4, 0.5) is 5.69 Å². The summed E-state index contributed by atoms with van der Waals surface area (Å²) in [5.74, 6) is 0.0707. The summed E-state index contributed by atoms with van der Waals surface area (Å²) in [5.41, 5.74) is 0.767. The number of phenols is 1. The Morgan fingerprint density at radius 3 is 3.00 bits per heavy atom. The van der Waals surface area contributed by atoms with Gasteiger partial charge in [-0.1, -0.05) is 12.1 Å². The molecule has 1 saturated heterocycles. The Morgan fingerprint density at radius 2 is 2.23 bits per heavy atom. The van der Waals surface area contributed by atoms with Crippen LogP contribution in [0.15, 0.2) is 42.6 Å². The molecule has 2 aromatic rings. The number of benzene rings is 1. The first-order chi connectivity index (χ1) is 10.7. The van der Waals surface area contributed by atoms with Gasteiger partial charge in [0.25, 0.3) is 5.91 Å². The summed E-state index contributed by atoms with van der Waals surface area (Å²) in [6, 6.07) is 9.73. The summed E-state index contributed by atoms with van der Waals surface area (Å²) in [5, 5.41) is 12.3. The monoisotopic (exact) mass is 300 g/mol. The second kappa shape index (κ2) is 6.44. The molecule has 114 valence electrons. The molecule has 2 N–H and O–H groups in total. The van der Waals surface area contributed by atoms with E-state index in [-0.39, 0.29) is 17.8 Å². The molecule has 1 amide bonds. The first-order valence-electron chi connectivity index (χ1n) is 7.02. The third-order valence-corrected chi connectivity index (χ3v) is 3.32. The van der Waals surface area contributed by atoms with Crippen LogP contribution in [0.5, 0.6) is 11.6 Å². The maximum atomic E-state index is 12.2. The van der Waals surface area contributed by atoms with Crippen LogP contribution in [0.3, 0.4) is 0 Å². The number of hydrogen-bond donors (Lipinski definition) is 2. The molecule has 0 saturated carbocycles. The molecule has 1 aromatic heterocycles. The van der Waals surface area contributed by atoms with E-state index in [4.69, 9.17) is 9.47 Å². The van der Waals surface area contributed by atoms with Crippen LogP contribution in [0, 0.1) is 0 Å². The van der Waals surface area contributed by atoms with Gasteiger partial charge < -0.3 is 19.9 Å². The predicted octanol–water partition coefficient (Wildman–Crippen LogP) is 2.21. The minimum Gasteiger partial charge on any atom is -0.506 e. The number of phenolic OH excluding ortho intramolecular Hbond substituents is 1. The van der Waals surface area contributed by atoms with Crippen LogP contribution in [0.25, 0.3) is 0 Å². The van der Waals surface area contributed by atoms with Crippen LogP contribution in [0.1, 0.15) is 16.8 Å². The standard InChI is InChI=1S/C16H16N2O4/c19-14-4-2-1-3-13(14)18-16(20)11-5-7-17-15(9-11)22-12-6-8-21-10-12/h1-5,7,9,12,19H,6,8,10H2,(H,18,20). The topological polar surface area (TPSA) is 80.7 Å². The third kappa shape index (κ3) is 3.35. The maximum Gasteiger partial charge on any atom is 0.256 e. The van der Waals surface area contributed by atoms with Gasteiger partial charge in [0, 0.05) is 24.2 Å². The molecule has 1 aliphatic heterocycles. The molecule has 22 heavy (non-hydrogen) atoms. The number of aromatic nitrogens is 1. The van der Waals surface area contributed by atoms with Gasteiger partial charge in [0.05, 0.1) is 18.9 Å². The lowest BCUT2D eigenvalue weighted by atomic mass is 10.2. The molecular formula is C16H16N2O4. The Morgan fingerprint density at radius 1 is 1.36 bits per heavy atom. The predicted molar refractivity (Wildman–Crippen MR) is 80.1 cm³/mol. The van der Waals surface area contributed by atoms with Gasteiger partial charge in [-0.2, -0.15) is 0 Å². The van der Waals surface area contributed by atoms with E-state index in [1.807, 2.05) is 0 Å². The molecular weight excluding hydrogens is 284 g/mol. The number of carbonyl (C=O) groups excluding carboxylic acids is 1. The Labute approximate surface area is 127 Å². The zero-order valence-corrected chi connectivity index (χ0v) is 11.9. The van der Waals surface area contributed by atoms with Gasteiger partial charge in [-0.3, -0.25) is 4.79 Å². The summed E-state index contributed by atoms with van der Waals surface area (Å²) in [7, 11) is 0. The maximum absolute atomic E-state index is 12.2. The number of amides is 1. The van der Waals surface area contributed by atoms with Gasteiger partial charge in [0.2, 0.25) is 5.88 Å². The Balaban J connectivity index is 1.71. The number of carbonyl (C=O) groups is 1. The number of aromatic hydroxyl groups is 1. The van der Waals surface area contributed by atoms with Crippen LogP contribution < -0.4 is 10.1 Å². The van der Waals surface area contributed by atoms with E-state index in [1.165, 1.54) is 12.3 Å². The van der Waals surface area contributed by atoms with Crippen molar-refractivity contribution in [3.63, 3.8) is 0 Å². The number of para-hydroxylation sites is 2. The number of hydrogen-bond acceptors (Lipinski definition) is 5. The summed E-state index contributed by atoms with van der Waals surface area (Å²) in [6.45, 7) is 1.22. The molecule has 6 nitrogen and oxygen atoms in total. The SMILES string of the molecule is O=C(Nc1ccccc1O)c1ccnc(OC2CCOC2)c1. The average Bonchev–Trinajstić information content (AvgIpc) is 3.03. The van der Waals surface area contributed by atoms with Gasteiger partial charge >= 0.3 is 0 Å². The first-order valence-corrected chi connectivity index (χ1v) is 7.02. The van der Waals surface area contributed by atoms with Gasteiger partial charge in [-0.15, -0.1) is 0 Å². The Kier molecular flexibility index (Phi) is 4.20. The fourth-order valence-corrected chi connectivity index (χ4v) is 2.17. The Hall–Kier alpha value is -2.60. The second-order valence-electron chi connectivity index (χ2n) is 4.96. The van der Waals surface area contributed by atoms with E-state index in [9.17, 15) is 9.90 Å². The number of nitrogens with zero attached hydrogens (tertiary/aromatic N) is 1. The number of rotatable bonds is 4. The molecule has 0 spiro atoms. The zero-order chi connectivity index (χ0) is 15.4. The van der Waals surface area contributed by atoms with E-state index in [2.05, 4.69) is 10.3 Å². The third-order valence-electron chi connectivity index (χ3n) is 3.32. The Bertz CT molecular complexity index is 669. The summed E-state index contributed by atoms with van der Waals surface area (Å²) < 4.78 is 10.9. The van der Waals surface area contributed by atoms with Crippen molar-refractivity contribution in [2.45, 2.75) is 12.5 Å². The van der Waals surface area contributed by atoms with Crippen LogP contribution >= 0.6 is 0 Å². The van der Waals surface area contributed by atoms with Crippen LogP contribution in [-0.4, -0.2) is 35.3 Å². The van der Waals surface area contributed by atoms with Crippen molar-refractivity contribution in [3.8, 4) is 11.6 Å². The van der Waals surface area contributed by atoms with Gasteiger partial charge in [-0.25, -0.2) is 4.98 Å². The van der Waals surface area contributed by atoms with Crippen molar-refractivity contribution in [2.24, 2.45) is 0 Å². The second-order valence-corrected chi connectivity index (χ2v) is 4.96. The highest BCUT2D eigenvalue weighted by molar-refractivity contribution is 6.05. The molecule has 1 unspecified atom stereocenters. The fourth-order valence-electron chi connectivity index (χ4n) is 2.17. The van der Waals surface area contributed by atoms with Crippen LogP contribution in [0.2, 0.25) is 0 Å². The molecule has 1 atom stereocenters. The van der Waals surface area contributed by atoms with Gasteiger partial charge in [0.15, 0.2) is 0 Å². The highest BCUT2D eigenvalue weighted by Gasteiger charge is 2.18. The molecule has 3 rings (SSSR count). The average molecular weight is 300 g/mol. The largest absolute Gasteiger partial charge is 0.506 e. The molecule has 6 heteroatoms. The lowest BCUT2D eigenvalue weighted by Crippen LogP contribution is -2.17. The molecule has 1 fully saturated rings.